The minimum atomic E-state index is -0.145. The van der Waals surface area contributed by atoms with E-state index in [9.17, 15) is 0 Å². The molecule has 0 aliphatic heterocycles. The molecule has 3 aromatic rings. The van der Waals surface area contributed by atoms with E-state index in [-0.39, 0.29) is 6.29 Å². The summed E-state index contributed by atoms with van der Waals surface area (Å²) in [6.45, 7) is 7.61. The molecule has 0 N–H and O–H groups in total. The molecule has 0 saturated heterocycles. The van der Waals surface area contributed by atoms with E-state index in [0.717, 1.165) is 41.2 Å². The Balaban J connectivity index is 1.58. The highest BCUT2D eigenvalue weighted by Gasteiger charge is 2.15. The van der Waals surface area contributed by atoms with Crippen LogP contribution in [0.4, 0.5) is 0 Å². The molecule has 0 saturated carbocycles. The maximum absolute atomic E-state index is 6.00. The Morgan fingerprint density at radius 2 is 1.62 bits per heavy atom. The lowest BCUT2D eigenvalue weighted by atomic mass is 10.1. The van der Waals surface area contributed by atoms with Crippen molar-refractivity contribution in [2.45, 2.75) is 46.5 Å². The average Bonchev–Trinajstić information content (AvgIpc) is 3.12. The molecule has 2 aromatic carbocycles. The summed E-state index contributed by atoms with van der Waals surface area (Å²) < 4.78 is 22.6. The van der Waals surface area contributed by atoms with Gasteiger partial charge in [-0.3, -0.25) is 0 Å². The summed E-state index contributed by atoms with van der Waals surface area (Å²) in [7, 11) is 0. The van der Waals surface area contributed by atoms with Crippen molar-refractivity contribution < 1.29 is 18.7 Å². The molecule has 0 unspecified atom stereocenters. The van der Waals surface area contributed by atoms with Gasteiger partial charge in [0.1, 0.15) is 23.8 Å². The van der Waals surface area contributed by atoms with E-state index >= 15 is 0 Å². The van der Waals surface area contributed by atoms with Gasteiger partial charge in [-0.15, -0.1) is 0 Å². The monoisotopic (exact) mass is 395 g/mol. The number of aryl methyl sites for hydroxylation is 2. The van der Waals surface area contributed by atoms with E-state index in [1.54, 1.807) is 0 Å². The second-order valence-corrected chi connectivity index (χ2v) is 6.74. The van der Waals surface area contributed by atoms with Crippen LogP contribution >= 0.6 is 0 Å². The Morgan fingerprint density at radius 3 is 2.28 bits per heavy atom. The molecule has 5 heteroatoms. The van der Waals surface area contributed by atoms with Crippen LogP contribution in [0, 0.1) is 6.92 Å². The van der Waals surface area contributed by atoms with Crippen LogP contribution in [0.2, 0.25) is 0 Å². The Kier molecular flexibility index (Phi) is 7.85. The number of aromatic nitrogens is 1. The predicted octanol–water partition coefficient (Wildman–Crippen LogP) is 5.56. The third-order valence-corrected chi connectivity index (χ3v) is 4.71. The zero-order chi connectivity index (χ0) is 20.5. The van der Waals surface area contributed by atoms with Crippen LogP contribution in [-0.2, 0) is 22.5 Å². The zero-order valence-electron chi connectivity index (χ0n) is 17.4. The highest BCUT2D eigenvalue weighted by atomic mass is 16.7. The summed E-state index contributed by atoms with van der Waals surface area (Å²) in [5.41, 5.74) is 4.05. The fraction of sp³-hybridized carbons (Fsp3) is 0.375. The van der Waals surface area contributed by atoms with Crippen molar-refractivity contribution in [2.75, 3.05) is 13.2 Å². The van der Waals surface area contributed by atoms with Crippen LogP contribution in [0.15, 0.2) is 59.1 Å². The molecule has 5 nitrogen and oxygen atoms in total. The first-order chi connectivity index (χ1) is 14.2. The molecule has 0 fully saturated rings. The smallest absolute Gasteiger partial charge is 0.157 e. The number of nitrogens with zero attached hydrogens (tertiary/aromatic N) is 1. The molecule has 154 valence electrons. The van der Waals surface area contributed by atoms with E-state index in [2.05, 4.69) is 17.3 Å². The van der Waals surface area contributed by atoms with Crippen molar-refractivity contribution in [3.8, 4) is 17.0 Å². The van der Waals surface area contributed by atoms with Gasteiger partial charge < -0.3 is 18.7 Å². The average molecular weight is 395 g/mol. The summed E-state index contributed by atoms with van der Waals surface area (Å²) in [6, 6.07) is 18.2. The molecular formula is C24H29NO4. The number of benzene rings is 2. The molecule has 1 heterocycles. The molecule has 0 aliphatic rings. The number of hydrogen-bond acceptors (Lipinski definition) is 5. The van der Waals surface area contributed by atoms with Crippen molar-refractivity contribution >= 4 is 0 Å². The first-order valence-electron chi connectivity index (χ1n) is 10.2. The van der Waals surface area contributed by atoms with Gasteiger partial charge in [0.2, 0.25) is 0 Å². The summed E-state index contributed by atoms with van der Waals surface area (Å²) >= 11 is 0. The van der Waals surface area contributed by atoms with Crippen LogP contribution < -0.4 is 4.74 Å². The van der Waals surface area contributed by atoms with Gasteiger partial charge in [-0.2, -0.15) is 0 Å². The molecule has 1 aromatic heterocycles. The van der Waals surface area contributed by atoms with Crippen LogP contribution in [0.5, 0.6) is 5.75 Å². The Hall–Kier alpha value is -2.63. The second kappa shape index (κ2) is 10.8. The summed E-state index contributed by atoms with van der Waals surface area (Å²) in [4.78, 5) is 0. The lowest BCUT2D eigenvalue weighted by Crippen LogP contribution is -2.18. The van der Waals surface area contributed by atoms with E-state index in [0.29, 0.717) is 19.8 Å². The quantitative estimate of drug-likeness (QED) is 0.398. The van der Waals surface area contributed by atoms with E-state index < -0.39 is 0 Å². The largest absolute Gasteiger partial charge is 0.489 e. The highest BCUT2D eigenvalue weighted by Crippen LogP contribution is 2.26. The van der Waals surface area contributed by atoms with Crippen molar-refractivity contribution in [1.82, 2.24) is 5.16 Å². The Bertz CT molecular complexity index is 852. The minimum absolute atomic E-state index is 0.145. The van der Waals surface area contributed by atoms with Crippen LogP contribution in [-0.4, -0.2) is 24.7 Å². The van der Waals surface area contributed by atoms with E-state index in [1.165, 1.54) is 5.56 Å². The van der Waals surface area contributed by atoms with Crippen LogP contribution in [0.25, 0.3) is 11.3 Å². The second-order valence-electron chi connectivity index (χ2n) is 6.74. The van der Waals surface area contributed by atoms with Crippen molar-refractivity contribution in [3.63, 3.8) is 0 Å². The molecule has 29 heavy (non-hydrogen) atoms. The van der Waals surface area contributed by atoms with Crippen LogP contribution in [0.3, 0.4) is 0 Å². The molecule has 0 atom stereocenters. The maximum atomic E-state index is 6.00. The number of rotatable bonds is 11. The van der Waals surface area contributed by atoms with Gasteiger partial charge in [0.05, 0.1) is 5.56 Å². The third-order valence-electron chi connectivity index (χ3n) is 4.71. The summed E-state index contributed by atoms with van der Waals surface area (Å²) in [5.74, 6) is 1.60. The molecule has 3 rings (SSSR count). The van der Waals surface area contributed by atoms with Gasteiger partial charge in [0.25, 0.3) is 0 Å². The Morgan fingerprint density at radius 1 is 0.931 bits per heavy atom. The third kappa shape index (κ3) is 5.92. The maximum Gasteiger partial charge on any atom is 0.157 e. The predicted molar refractivity (Wildman–Crippen MR) is 113 cm³/mol. The number of ether oxygens (including phenoxy) is 3. The minimum Gasteiger partial charge on any atom is -0.489 e. The van der Waals surface area contributed by atoms with Gasteiger partial charge in [-0.25, -0.2) is 0 Å². The van der Waals surface area contributed by atoms with Gasteiger partial charge in [-0.1, -0.05) is 47.6 Å². The topological polar surface area (TPSA) is 53.7 Å². The van der Waals surface area contributed by atoms with Gasteiger partial charge in [0.15, 0.2) is 6.29 Å². The number of hydrogen-bond donors (Lipinski definition) is 0. The summed E-state index contributed by atoms with van der Waals surface area (Å²) in [5, 5.41) is 4.20. The summed E-state index contributed by atoms with van der Waals surface area (Å²) in [6.07, 6.45) is 1.59. The molecular weight excluding hydrogens is 366 g/mol. The lowest BCUT2D eigenvalue weighted by Gasteiger charge is -2.16. The standard InChI is InChI=1S/C24H29NO4/c1-4-26-23(27-5-2)16-13-19-11-14-21(15-12-19)28-17-22-18(3)29-25-24(22)20-9-7-6-8-10-20/h6-12,14-15,23H,4-5,13,16-17H2,1-3H3. The molecule has 0 aliphatic carbocycles. The highest BCUT2D eigenvalue weighted by molar-refractivity contribution is 5.63. The Labute approximate surface area is 172 Å². The van der Waals surface area contributed by atoms with Gasteiger partial charge in [-0.05, 0) is 44.9 Å². The molecule has 0 amide bonds. The normalized spacial score (nSPS) is 11.2. The lowest BCUT2D eigenvalue weighted by molar-refractivity contribution is -0.139. The van der Waals surface area contributed by atoms with Crippen molar-refractivity contribution in [3.05, 3.63) is 71.5 Å². The molecule has 0 bridgehead atoms. The SMILES string of the molecule is CCOC(CCc1ccc(OCc2c(-c3ccccc3)noc2C)cc1)OCC. The van der Waals surface area contributed by atoms with Gasteiger partial charge in [0, 0.05) is 25.2 Å². The fourth-order valence-corrected chi connectivity index (χ4v) is 3.16. The van der Waals surface area contributed by atoms with E-state index in [1.807, 2.05) is 63.2 Å². The van der Waals surface area contributed by atoms with Crippen LogP contribution in [0.1, 0.15) is 37.2 Å². The first-order valence-corrected chi connectivity index (χ1v) is 10.2. The van der Waals surface area contributed by atoms with Gasteiger partial charge >= 0.3 is 0 Å². The first kappa shape index (κ1) is 21.1. The van der Waals surface area contributed by atoms with Crippen molar-refractivity contribution in [1.29, 1.82) is 0 Å². The molecule has 0 spiro atoms. The molecule has 0 radical (unpaired) electrons. The van der Waals surface area contributed by atoms with Crippen molar-refractivity contribution in [2.24, 2.45) is 0 Å². The zero-order valence-corrected chi connectivity index (χ0v) is 17.4. The van der Waals surface area contributed by atoms with E-state index in [4.69, 9.17) is 18.7 Å². The fourth-order valence-electron chi connectivity index (χ4n) is 3.16.